The van der Waals surface area contributed by atoms with Crippen LogP contribution in [-0.4, -0.2) is 66.6 Å². The van der Waals surface area contributed by atoms with Gasteiger partial charge >= 0.3 is 23.9 Å². The maximum Gasteiger partial charge on any atom is 0.417 e. The number of hydrogen-bond acceptors (Lipinski definition) is 10. The highest BCUT2D eigenvalue weighted by atomic mass is 35.5. The largest absolute Gasteiger partial charge is 0.455 e. The van der Waals surface area contributed by atoms with Crippen molar-refractivity contribution >= 4 is 69.4 Å². The molecule has 4 amide bonds. The Hall–Kier alpha value is -7.07. The number of aromatic nitrogens is 5. The van der Waals surface area contributed by atoms with E-state index in [-0.39, 0.29) is 22.8 Å². The first kappa shape index (κ1) is 37.7. The lowest BCUT2D eigenvalue weighted by Crippen LogP contribution is -2.49. The Balaban J connectivity index is 1.19. The highest BCUT2D eigenvalue weighted by Crippen LogP contribution is 2.25. The van der Waals surface area contributed by atoms with E-state index in [1.54, 1.807) is 112 Å². The van der Waals surface area contributed by atoms with Gasteiger partial charge in [-0.1, -0.05) is 41.9 Å². The van der Waals surface area contributed by atoms with Crippen LogP contribution in [0.25, 0.3) is 16.6 Å². The number of amides is 4. The first-order valence-electron chi connectivity index (χ1n) is 16.7. The average molecular weight is 764 g/mol. The second-order valence-corrected chi connectivity index (χ2v) is 13.5. The normalized spacial score (nSPS) is 11.6. The summed E-state index contributed by atoms with van der Waals surface area (Å²) in [5.41, 5.74) is 2.00. The molecule has 0 saturated carbocycles. The molecule has 2 heterocycles. The van der Waals surface area contributed by atoms with Crippen LogP contribution in [0.15, 0.2) is 103 Å². The third-order valence-electron chi connectivity index (χ3n) is 7.73. The number of carbonyl (C=O) groups is 5. The zero-order valence-corrected chi connectivity index (χ0v) is 30.4. The number of nitrogens with zero attached hydrogens (tertiary/aromatic N) is 4. The van der Waals surface area contributed by atoms with E-state index in [0.29, 0.717) is 39.3 Å². The number of nitrogens with one attached hydrogen (secondary N) is 5. The third kappa shape index (κ3) is 10.1. The number of carbonyl (C=O) groups excluding carboxylic acids is 5. The van der Waals surface area contributed by atoms with Gasteiger partial charge in [0.15, 0.2) is 0 Å². The minimum absolute atomic E-state index is 0.0537. The number of aromatic amines is 1. The van der Waals surface area contributed by atoms with Crippen molar-refractivity contribution in [2.24, 2.45) is 0 Å². The standard InChI is InChI=1S/C38H34ClN9O7/c1-38(2,3)55-36(52)31-19-23-18-26(14-15-28(23)43-31)41-33(49)30(17-22-9-12-25(13-10-22)42-37(53)54-27-7-5-4-6-8-27)45-35(51)34(50)44-29-20-24(39)11-16-32(29)48-21-40-46-47-48/h4-16,18-21,30,43H,17H2,1-3H3,(H,41,49)(H,42,53)(H,44,50)(H,45,51). The Morgan fingerprint density at radius 2 is 1.58 bits per heavy atom. The van der Waals surface area contributed by atoms with Crippen LogP contribution in [0.1, 0.15) is 36.8 Å². The van der Waals surface area contributed by atoms with Gasteiger partial charge in [0.05, 0.1) is 11.4 Å². The van der Waals surface area contributed by atoms with Crippen molar-refractivity contribution < 1.29 is 33.4 Å². The average Bonchev–Trinajstić information content (AvgIpc) is 3.83. The van der Waals surface area contributed by atoms with Gasteiger partial charge in [0.25, 0.3) is 0 Å². The van der Waals surface area contributed by atoms with Crippen molar-refractivity contribution in [2.75, 3.05) is 16.0 Å². The van der Waals surface area contributed by atoms with E-state index in [1.807, 2.05) is 0 Å². The highest BCUT2D eigenvalue weighted by Gasteiger charge is 2.26. The smallest absolute Gasteiger partial charge is 0.417 e. The molecule has 1 atom stereocenters. The molecule has 0 aliphatic heterocycles. The SMILES string of the molecule is CC(C)(C)OC(=O)c1cc2cc(NC(=O)C(Cc3ccc(NC(=O)Oc4ccccc4)cc3)NC(=O)C(=O)Nc3cc(Cl)ccc3-n3cnnn3)ccc2[nH]1. The monoisotopic (exact) mass is 763 g/mol. The first-order valence-corrected chi connectivity index (χ1v) is 17.1. The number of rotatable bonds is 10. The van der Waals surface area contributed by atoms with Crippen molar-refractivity contribution in [2.45, 2.75) is 38.8 Å². The lowest BCUT2D eigenvalue weighted by Gasteiger charge is -2.19. The summed E-state index contributed by atoms with van der Waals surface area (Å²) in [5.74, 6) is -3.02. The van der Waals surface area contributed by atoms with Crippen molar-refractivity contribution in [3.8, 4) is 11.4 Å². The zero-order chi connectivity index (χ0) is 39.1. The number of ether oxygens (including phenoxy) is 2. The molecule has 17 heteroatoms. The predicted molar refractivity (Wildman–Crippen MR) is 203 cm³/mol. The number of fused-ring (bicyclic) bond motifs is 1. The van der Waals surface area contributed by atoms with Crippen LogP contribution in [0.4, 0.5) is 21.9 Å². The molecule has 0 bridgehead atoms. The van der Waals surface area contributed by atoms with Gasteiger partial charge in [0.1, 0.15) is 29.4 Å². The Bertz CT molecular complexity index is 2360. The minimum Gasteiger partial charge on any atom is -0.455 e. The minimum atomic E-state index is -1.27. The molecular formula is C38H34ClN9O7. The molecule has 1 unspecified atom stereocenters. The highest BCUT2D eigenvalue weighted by molar-refractivity contribution is 6.40. The summed E-state index contributed by atoms with van der Waals surface area (Å²) in [5, 5.41) is 22.4. The number of anilines is 3. The maximum absolute atomic E-state index is 13.8. The molecule has 0 fully saturated rings. The van der Waals surface area contributed by atoms with Crippen LogP contribution in [0, 0.1) is 0 Å². The number of benzene rings is 4. The summed E-state index contributed by atoms with van der Waals surface area (Å²) in [6.07, 6.45) is 0.548. The Labute approximate surface area is 318 Å². The lowest BCUT2D eigenvalue weighted by molar-refractivity contribution is -0.137. The van der Waals surface area contributed by atoms with Gasteiger partial charge in [-0.3, -0.25) is 19.7 Å². The molecule has 2 aromatic heterocycles. The van der Waals surface area contributed by atoms with Gasteiger partial charge in [0, 0.05) is 33.7 Å². The van der Waals surface area contributed by atoms with Gasteiger partial charge in [-0.2, -0.15) is 4.68 Å². The van der Waals surface area contributed by atoms with Crippen molar-refractivity contribution in [1.82, 2.24) is 30.5 Å². The van der Waals surface area contributed by atoms with Crippen LogP contribution < -0.4 is 26.0 Å². The maximum atomic E-state index is 13.8. The Morgan fingerprint density at radius 1 is 0.836 bits per heavy atom. The molecule has 6 aromatic rings. The van der Waals surface area contributed by atoms with E-state index in [2.05, 4.69) is 41.8 Å². The first-order chi connectivity index (χ1) is 26.3. The molecule has 0 aliphatic carbocycles. The van der Waals surface area contributed by atoms with Crippen LogP contribution in [0.2, 0.25) is 5.02 Å². The van der Waals surface area contributed by atoms with Gasteiger partial charge in [-0.15, -0.1) is 5.10 Å². The number of hydrogen-bond donors (Lipinski definition) is 5. The second-order valence-electron chi connectivity index (χ2n) is 13.1. The molecule has 0 radical (unpaired) electrons. The molecule has 4 aromatic carbocycles. The summed E-state index contributed by atoms with van der Waals surface area (Å²) < 4.78 is 12.0. The molecule has 0 aliphatic rings. The molecule has 0 spiro atoms. The lowest BCUT2D eigenvalue weighted by atomic mass is 10.0. The second kappa shape index (κ2) is 16.3. The molecule has 6 rings (SSSR count). The zero-order valence-electron chi connectivity index (χ0n) is 29.6. The predicted octanol–water partition coefficient (Wildman–Crippen LogP) is 5.67. The number of esters is 1. The van der Waals surface area contributed by atoms with Gasteiger partial charge in [0.2, 0.25) is 5.91 Å². The molecule has 55 heavy (non-hydrogen) atoms. The molecule has 16 nitrogen and oxygen atoms in total. The van der Waals surface area contributed by atoms with E-state index >= 15 is 0 Å². The summed E-state index contributed by atoms with van der Waals surface area (Å²) in [7, 11) is 0. The van der Waals surface area contributed by atoms with Crippen LogP contribution in [0.3, 0.4) is 0 Å². The number of para-hydroxylation sites is 1. The number of H-pyrrole nitrogens is 1. The Morgan fingerprint density at radius 3 is 2.29 bits per heavy atom. The van der Waals surface area contributed by atoms with Gasteiger partial charge < -0.3 is 30.4 Å². The van der Waals surface area contributed by atoms with E-state index in [1.165, 1.54) is 17.1 Å². The van der Waals surface area contributed by atoms with Gasteiger partial charge in [-0.05, 0) is 103 Å². The Kier molecular flexibility index (Phi) is 11.2. The fraction of sp³-hybridized carbons (Fsp3) is 0.158. The van der Waals surface area contributed by atoms with E-state index in [9.17, 15) is 24.0 Å². The van der Waals surface area contributed by atoms with Crippen molar-refractivity contribution in [1.29, 1.82) is 0 Å². The summed E-state index contributed by atoms with van der Waals surface area (Å²) in [6, 6.07) is 24.9. The summed E-state index contributed by atoms with van der Waals surface area (Å²) in [6.45, 7) is 5.29. The van der Waals surface area contributed by atoms with Crippen molar-refractivity contribution in [3.05, 3.63) is 120 Å². The summed E-state index contributed by atoms with van der Waals surface area (Å²) in [4.78, 5) is 68.4. The fourth-order valence-corrected chi connectivity index (χ4v) is 5.45. The quantitative estimate of drug-likeness (QED) is 0.0853. The molecule has 5 N–H and O–H groups in total. The topological polar surface area (TPSA) is 211 Å². The molecular weight excluding hydrogens is 730 g/mol. The molecule has 280 valence electrons. The van der Waals surface area contributed by atoms with E-state index in [0.717, 1.165) is 0 Å². The van der Waals surface area contributed by atoms with E-state index in [4.69, 9.17) is 21.1 Å². The van der Waals surface area contributed by atoms with Crippen LogP contribution in [-0.2, 0) is 25.5 Å². The van der Waals surface area contributed by atoms with Crippen LogP contribution >= 0.6 is 11.6 Å². The number of halogens is 1. The van der Waals surface area contributed by atoms with Crippen LogP contribution in [0.5, 0.6) is 5.75 Å². The molecule has 0 saturated heterocycles. The summed E-state index contributed by atoms with van der Waals surface area (Å²) >= 11 is 6.17. The van der Waals surface area contributed by atoms with Gasteiger partial charge in [-0.25, -0.2) is 9.59 Å². The van der Waals surface area contributed by atoms with Crippen molar-refractivity contribution in [3.63, 3.8) is 0 Å². The fourth-order valence-electron chi connectivity index (χ4n) is 5.27. The third-order valence-corrected chi connectivity index (χ3v) is 7.97. The number of tetrazole rings is 1. The van der Waals surface area contributed by atoms with E-state index < -0.39 is 41.4 Å².